The molecule has 12 nitrogen and oxygen atoms in total. The first-order chi connectivity index (χ1) is 15.0. The monoisotopic (exact) mass is 548 g/mol. The third-order valence-electron chi connectivity index (χ3n) is 4.76. The first-order valence-corrected chi connectivity index (χ1v) is 13.8. The molecule has 0 saturated heterocycles. The fourth-order valence-corrected chi connectivity index (χ4v) is 6.61. The maximum Gasteiger partial charge on any atom is 0.294 e. The van der Waals surface area contributed by atoms with Gasteiger partial charge < -0.3 is 21.4 Å². The predicted octanol–water partition coefficient (Wildman–Crippen LogP) is 2.99. The molecule has 0 atom stereocenters. The third kappa shape index (κ3) is 5.13. The minimum absolute atomic E-state index is 0. The quantitative estimate of drug-likeness (QED) is 0.214. The van der Waals surface area contributed by atoms with Gasteiger partial charge in [-0.1, -0.05) is 22.7 Å². The van der Waals surface area contributed by atoms with Crippen LogP contribution in [0.25, 0.3) is 20.4 Å². The highest BCUT2D eigenvalue weighted by Gasteiger charge is 2.14. The Morgan fingerprint density at radius 1 is 0.735 bits per heavy atom. The van der Waals surface area contributed by atoms with Crippen LogP contribution in [0.4, 0.5) is 0 Å². The van der Waals surface area contributed by atoms with Crippen molar-refractivity contribution in [1.82, 2.24) is 21.4 Å². The number of aromatic nitrogens is 2. The van der Waals surface area contributed by atoms with Gasteiger partial charge in [-0.15, -0.1) is 10.2 Å². The number of hydrogen-bond acceptors (Lipinski definition) is 10. The fraction of sp³-hybridized carbons (Fsp3) is 0.222. The molecule has 186 valence electrons. The van der Waals surface area contributed by atoms with E-state index >= 15 is 0 Å². The smallest absolute Gasteiger partial charge is 0.294 e. The standard InChI is InChI=1S/C18H18N4O6S4.2H3N/c1-3-21-13-7-5-11(31(23,24)25)9-15(13)29-17(21)19-20-18-22(4-2)14-8-6-12(32(26,27)28)10-16(14)30-18;;/h5-10H,3-4H2,1-2H3,(H,23,24,25)(H,26,27,28);2*1H3/b19-17-,20-18+;;. The Bertz CT molecular complexity index is 1580. The van der Waals surface area contributed by atoms with E-state index in [0.29, 0.717) is 32.1 Å². The molecule has 2 heterocycles. The molecular formula is C18H24N6O6S4. The molecule has 8 N–H and O–H groups in total. The van der Waals surface area contributed by atoms with Gasteiger partial charge in [0, 0.05) is 13.1 Å². The van der Waals surface area contributed by atoms with E-state index in [-0.39, 0.29) is 22.1 Å². The van der Waals surface area contributed by atoms with Gasteiger partial charge >= 0.3 is 0 Å². The van der Waals surface area contributed by atoms with Crippen LogP contribution in [0.3, 0.4) is 0 Å². The van der Waals surface area contributed by atoms with Gasteiger partial charge in [0.1, 0.15) is 0 Å². The van der Waals surface area contributed by atoms with Crippen LogP contribution in [0, 0.1) is 0 Å². The van der Waals surface area contributed by atoms with E-state index in [1.54, 1.807) is 12.1 Å². The Kier molecular flexibility index (Phi) is 8.21. The number of benzene rings is 2. The van der Waals surface area contributed by atoms with Gasteiger partial charge in [0.2, 0.25) is 9.60 Å². The molecule has 0 aliphatic rings. The van der Waals surface area contributed by atoms with E-state index in [4.69, 9.17) is 0 Å². The number of hydrogen-bond donors (Lipinski definition) is 4. The van der Waals surface area contributed by atoms with Gasteiger partial charge in [-0.3, -0.25) is 9.11 Å². The van der Waals surface area contributed by atoms with E-state index in [9.17, 15) is 25.9 Å². The van der Waals surface area contributed by atoms with E-state index in [2.05, 4.69) is 10.2 Å². The summed E-state index contributed by atoms with van der Waals surface area (Å²) < 4.78 is 69.4. The van der Waals surface area contributed by atoms with Crippen LogP contribution >= 0.6 is 22.7 Å². The Labute approximate surface area is 203 Å². The van der Waals surface area contributed by atoms with Crippen molar-refractivity contribution in [2.45, 2.75) is 36.7 Å². The highest BCUT2D eigenvalue weighted by Crippen LogP contribution is 2.23. The largest absolute Gasteiger partial charge is 0.344 e. The molecule has 2 aromatic carbocycles. The molecule has 0 fully saturated rings. The summed E-state index contributed by atoms with van der Waals surface area (Å²) in [5, 5.41) is 8.74. The molecule has 0 saturated carbocycles. The molecule has 0 aliphatic carbocycles. The number of thiazole rings is 2. The van der Waals surface area contributed by atoms with Crippen LogP contribution < -0.4 is 21.9 Å². The minimum Gasteiger partial charge on any atom is -0.344 e. The predicted molar refractivity (Wildman–Crippen MR) is 132 cm³/mol. The van der Waals surface area contributed by atoms with E-state index in [0.717, 1.165) is 11.0 Å². The average Bonchev–Trinajstić information content (AvgIpc) is 3.26. The highest BCUT2D eigenvalue weighted by molar-refractivity contribution is 7.86. The molecule has 0 spiro atoms. The Morgan fingerprint density at radius 3 is 1.38 bits per heavy atom. The molecule has 0 radical (unpaired) electrons. The van der Waals surface area contributed by atoms with Gasteiger partial charge in [-0.2, -0.15) is 16.8 Å². The molecule has 4 rings (SSSR count). The van der Waals surface area contributed by atoms with Crippen molar-refractivity contribution in [3.63, 3.8) is 0 Å². The molecule has 0 amide bonds. The summed E-state index contributed by atoms with van der Waals surface area (Å²) >= 11 is 2.47. The molecule has 0 unspecified atom stereocenters. The number of rotatable bonds is 5. The lowest BCUT2D eigenvalue weighted by atomic mass is 10.3. The van der Waals surface area contributed by atoms with Crippen LogP contribution in [-0.4, -0.2) is 35.1 Å². The van der Waals surface area contributed by atoms with Crippen molar-refractivity contribution >= 4 is 63.3 Å². The number of fused-ring (bicyclic) bond motifs is 2. The minimum atomic E-state index is -4.32. The van der Waals surface area contributed by atoms with Crippen molar-refractivity contribution in [2.75, 3.05) is 0 Å². The Morgan fingerprint density at radius 2 is 1.09 bits per heavy atom. The zero-order valence-electron chi connectivity index (χ0n) is 18.2. The average molecular weight is 549 g/mol. The first-order valence-electron chi connectivity index (χ1n) is 9.32. The lowest BCUT2D eigenvalue weighted by Gasteiger charge is -2.01. The van der Waals surface area contributed by atoms with Gasteiger partial charge in [-0.25, -0.2) is 0 Å². The second-order valence-electron chi connectivity index (χ2n) is 6.67. The molecule has 2 aromatic heterocycles. The Balaban J connectivity index is 0.00000204. The van der Waals surface area contributed by atoms with E-state index in [1.807, 2.05) is 23.0 Å². The molecule has 34 heavy (non-hydrogen) atoms. The van der Waals surface area contributed by atoms with Crippen molar-refractivity contribution < 1.29 is 25.9 Å². The maximum absolute atomic E-state index is 11.4. The summed E-state index contributed by atoms with van der Waals surface area (Å²) in [6, 6.07) is 8.68. The Hall–Kier alpha value is -2.44. The van der Waals surface area contributed by atoms with Crippen molar-refractivity contribution in [3.8, 4) is 0 Å². The van der Waals surface area contributed by atoms with Gasteiger partial charge in [0.15, 0.2) is 0 Å². The SMILES string of the molecule is CCn1/c(=N/N=c2/sc3cc(S(=O)(=O)O)ccc3n2CC)sc2cc(S(=O)(=O)O)ccc21.N.N. The lowest BCUT2D eigenvalue weighted by Crippen LogP contribution is -2.16. The number of aryl methyl sites for hydroxylation is 2. The zero-order chi connectivity index (χ0) is 23.3. The fourth-order valence-electron chi connectivity index (χ4n) is 3.28. The highest BCUT2D eigenvalue weighted by atomic mass is 32.2. The van der Waals surface area contributed by atoms with Gasteiger partial charge in [0.05, 0.1) is 30.2 Å². The van der Waals surface area contributed by atoms with Crippen LogP contribution in [-0.2, 0) is 33.3 Å². The summed E-state index contributed by atoms with van der Waals surface area (Å²) in [5.74, 6) is 0. The lowest BCUT2D eigenvalue weighted by molar-refractivity contribution is 0.481. The zero-order valence-corrected chi connectivity index (χ0v) is 21.5. The summed E-state index contributed by atoms with van der Waals surface area (Å²) in [7, 11) is -8.63. The van der Waals surface area contributed by atoms with Gasteiger partial charge in [-0.05, 0) is 50.2 Å². The molecule has 16 heteroatoms. The van der Waals surface area contributed by atoms with Gasteiger partial charge in [0.25, 0.3) is 20.2 Å². The van der Waals surface area contributed by atoms with E-state index < -0.39 is 20.2 Å². The summed E-state index contributed by atoms with van der Waals surface area (Å²) in [5.41, 5.74) is 1.52. The second kappa shape index (κ2) is 10.0. The van der Waals surface area contributed by atoms with Crippen LogP contribution in [0.15, 0.2) is 56.4 Å². The van der Waals surface area contributed by atoms with E-state index in [1.165, 1.54) is 46.9 Å². The van der Waals surface area contributed by atoms with Crippen molar-refractivity contribution in [1.29, 1.82) is 0 Å². The van der Waals surface area contributed by atoms with Crippen molar-refractivity contribution in [3.05, 3.63) is 46.0 Å². The third-order valence-corrected chi connectivity index (χ3v) is 8.52. The molecule has 4 aromatic rings. The van der Waals surface area contributed by atoms with Crippen molar-refractivity contribution in [2.24, 2.45) is 10.2 Å². The summed E-state index contributed by atoms with van der Waals surface area (Å²) in [6.07, 6.45) is 0. The first kappa shape index (κ1) is 27.8. The maximum atomic E-state index is 11.4. The van der Waals surface area contributed by atoms with Crippen LogP contribution in [0.1, 0.15) is 13.8 Å². The summed E-state index contributed by atoms with van der Waals surface area (Å²) in [4.78, 5) is 0.685. The molecular weight excluding hydrogens is 525 g/mol. The number of nitrogens with zero attached hydrogens (tertiary/aromatic N) is 4. The van der Waals surface area contributed by atoms with Crippen LogP contribution in [0.5, 0.6) is 0 Å². The van der Waals surface area contributed by atoms with Crippen LogP contribution in [0.2, 0.25) is 0 Å². The topological polar surface area (TPSA) is 213 Å². The normalized spacial score (nSPS) is 13.3. The second-order valence-corrected chi connectivity index (χ2v) is 11.5. The molecule has 0 bridgehead atoms. The molecule has 0 aliphatic heterocycles. The summed E-state index contributed by atoms with van der Waals surface area (Å²) in [6.45, 7) is 4.98.